The molecule has 0 aliphatic rings. The monoisotopic (exact) mass is 452 g/mol. The van der Waals surface area contributed by atoms with E-state index in [0.29, 0.717) is 0 Å². The number of rotatable bonds is 4. The fourth-order valence-electron chi connectivity index (χ4n) is 3.31. The first-order chi connectivity index (χ1) is 13.5. The van der Waals surface area contributed by atoms with Crippen molar-refractivity contribution in [1.82, 2.24) is 4.57 Å². The van der Waals surface area contributed by atoms with Gasteiger partial charge in [0.15, 0.2) is 0 Å². The molecule has 1 aromatic heterocycles. The molecule has 1 N–H and O–H groups in total. The Balaban J connectivity index is 0.000000396. The number of hydrogen-bond donors (Lipinski definition) is 1. The van der Waals surface area contributed by atoms with Crippen molar-refractivity contribution < 1.29 is 34.9 Å². The van der Waals surface area contributed by atoms with E-state index in [1.165, 1.54) is 22.4 Å². The molecule has 3 nitrogen and oxygen atoms in total. The molecular formula is C20H23F6N2OP. The number of aliphatic hydroxyl groups is 1. The molecule has 0 fully saturated rings. The fraction of sp³-hybridized carbons (Fsp3) is 0.250. The fourth-order valence-corrected chi connectivity index (χ4v) is 3.31. The molecule has 0 spiro atoms. The Kier molecular flexibility index (Phi) is 6.14. The number of halogens is 6. The Bertz CT molecular complexity index is 983. The molecule has 2 aromatic carbocycles. The van der Waals surface area contributed by atoms with Crippen molar-refractivity contribution in [3.63, 3.8) is 0 Å². The molecule has 0 saturated heterocycles. The topological polar surface area (TPSA) is 29.0 Å². The summed E-state index contributed by atoms with van der Waals surface area (Å²) in [5.41, 5.74) is 6.10. The van der Waals surface area contributed by atoms with Crippen LogP contribution in [0.1, 0.15) is 28.3 Å². The van der Waals surface area contributed by atoms with E-state index in [1.54, 1.807) is 0 Å². The zero-order chi connectivity index (χ0) is 22.8. The van der Waals surface area contributed by atoms with Crippen molar-refractivity contribution in [2.75, 3.05) is 6.61 Å². The third-order valence-corrected chi connectivity index (χ3v) is 4.27. The Hall–Kier alpha value is -2.38. The second kappa shape index (κ2) is 7.71. The van der Waals surface area contributed by atoms with Crippen LogP contribution in [0.15, 0.2) is 61.2 Å². The van der Waals surface area contributed by atoms with E-state index in [0.717, 1.165) is 5.56 Å². The number of aromatic nitrogens is 2. The molecular weight excluding hydrogens is 429 g/mol. The van der Waals surface area contributed by atoms with Gasteiger partial charge < -0.3 is 5.11 Å². The van der Waals surface area contributed by atoms with Crippen LogP contribution in [0, 0.1) is 20.8 Å². The summed E-state index contributed by atoms with van der Waals surface area (Å²) in [7, 11) is -10.7. The van der Waals surface area contributed by atoms with Gasteiger partial charge in [0.25, 0.3) is 0 Å². The zero-order valence-electron chi connectivity index (χ0n) is 16.6. The molecule has 3 aromatic rings. The quantitative estimate of drug-likeness (QED) is 0.268. The summed E-state index contributed by atoms with van der Waals surface area (Å²) in [6.07, 6.45) is 6.13. The van der Waals surface area contributed by atoms with E-state index in [4.69, 9.17) is 0 Å². The second-order valence-corrected chi connectivity index (χ2v) is 9.00. The summed E-state index contributed by atoms with van der Waals surface area (Å²) in [4.78, 5) is 0. The molecule has 0 aliphatic carbocycles. The van der Waals surface area contributed by atoms with Crippen molar-refractivity contribution in [3.8, 4) is 5.69 Å². The van der Waals surface area contributed by atoms with Crippen LogP contribution in [-0.4, -0.2) is 16.3 Å². The summed E-state index contributed by atoms with van der Waals surface area (Å²) < 4.78 is 63.4. The normalized spacial score (nSPS) is 14.9. The first-order valence-corrected chi connectivity index (χ1v) is 11.0. The zero-order valence-corrected chi connectivity index (χ0v) is 17.5. The number of imidazole rings is 1. The van der Waals surface area contributed by atoms with Crippen molar-refractivity contribution in [2.24, 2.45) is 0 Å². The van der Waals surface area contributed by atoms with Crippen LogP contribution in [0.5, 0.6) is 0 Å². The molecule has 3 rings (SSSR count). The van der Waals surface area contributed by atoms with Gasteiger partial charge in [-0.2, -0.15) is 0 Å². The number of aryl methyl sites for hydroxylation is 3. The van der Waals surface area contributed by atoms with Crippen LogP contribution in [0.4, 0.5) is 25.2 Å². The van der Waals surface area contributed by atoms with E-state index in [2.05, 4.69) is 54.6 Å². The minimum atomic E-state index is -10.7. The van der Waals surface area contributed by atoms with Gasteiger partial charge in [0.1, 0.15) is 24.1 Å². The Morgan fingerprint density at radius 1 is 0.933 bits per heavy atom. The maximum atomic E-state index is 9.87. The number of nitrogens with zero attached hydrogens (tertiary/aromatic N) is 2. The van der Waals surface area contributed by atoms with Gasteiger partial charge in [0.2, 0.25) is 6.33 Å². The number of hydrogen-bond acceptors (Lipinski definition) is 1. The van der Waals surface area contributed by atoms with Gasteiger partial charge in [0.05, 0.1) is 6.61 Å². The summed E-state index contributed by atoms with van der Waals surface area (Å²) in [6.45, 7) is 6.47. The Labute approximate surface area is 170 Å². The second-order valence-electron chi connectivity index (χ2n) is 7.08. The van der Waals surface area contributed by atoms with Crippen molar-refractivity contribution in [1.29, 1.82) is 0 Å². The van der Waals surface area contributed by atoms with E-state index in [9.17, 15) is 30.3 Å². The number of aliphatic hydroxyl groups excluding tert-OH is 1. The van der Waals surface area contributed by atoms with E-state index < -0.39 is 7.81 Å². The van der Waals surface area contributed by atoms with Gasteiger partial charge in [-0.05, 0) is 37.5 Å². The summed E-state index contributed by atoms with van der Waals surface area (Å²) >= 11 is 0. The van der Waals surface area contributed by atoms with Gasteiger partial charge >= 0.3 is 33.0 Å². The molecule has 0 aliphatic heterocycles. The van der Waals surface area contributed by atoms with E-state index in [-0.39, 0.29) is 12.6 Å². The van der Waals surface area contributed by atoms with Crippen molar-refractivity contribution in [2.45, 2.75) is 26.8 Å². The molecule has 0 amide bonds. The molecule has 0 saturated carbocycles. The van der Waals surface area contributed by atoms with Crippen LogP contribution in [-0.2, 0) is 0 Å². The third kappa shape index (κ3) is 7.80. The average Bonchev–Trinajstić information content (AvgIpc) is 3.02. The van der Waals surface area contributed by atoms with Gasteiger partial charge in [-0.25, -0.2) is 9.13 Å². The Morgan fingerprint density at radius 3 is 1.90 bits per heavy atom. The Morgan fingerprint density at radius 2 is 1.43 bits per heavy atom. The molecule has 1 atom stereocenters. The van der Waals surface area contributed by atoms with Crippen molar-refractivity contribution >= 4 is 7.81 Å². The first kappa shape index (κ1) is 23.9. The van der Waals surface area contributed by atoms with Gasteiger partial charge in [-0.3, -0.25) is 0 Å². The van der Waals surface area contributed by atoms with Crippen LogP contribution in [0.3, 0.4) is 0 Å². The van der Waals surface area contributed by atoms with Crippen LogP contribution in [0.25, 0.3) is 5.69 Å². The molecule has 0 unspecified atom stereocenters. The van der Waals surface area contributed by atoms with E-state index in [1.807, 2.05) is 36.5 Å². The molecule has 10 heteroatoms. The van der Waals surface area contributed by atoms with E-state index >= 15 is 0 Å². The molecule has 0 bridgehead atoms. The third-order valence-electron chi connectivity index (χ3n) is 4.27. The molecule has 30 heavy (non-hydrogen) atoms. The molecule has 1 heterocycles. The average molecular weight is 452 g/mol. The standard InChI is InChI=1S/C20H23N2O.F6P/c1-15-11-16(2)20(17(3)12-15)22-10-9-21(14-22)19(13-23)18-7-5-4-6-8-18;1-7(2,3,4,5)6/h4-12,14,19,23H,13H2,1-3H3;/q+1;-1/t19-;/m0./s1. The maximum absolute atomic E-state index is 10.7. The van der Waals surface area contributed by atoms with Gasteiger partial charge in [-0.15, -0.1) is 0 Å². The first-order valence-electron chi connectivity index (χ1n) is 8.94. The van der Waals surface area contributed by atoms with Crippen LogP contribution < -0.4 is 4.57 Å². The minimum absolute atomic E-state index is 0.0662. The van der Waals surface area contributed by atoms with Gasteiger partial charge in [-0.1, -0.05) is 48.0 Å². The predicted molar refractivity (Wildman–Crippen MR) is 105 cm³/mol. The summed E-state index contributed by atoms with van der Waals surface area (Å²) in [5.74, 6) is 0. The van der Waals surface area contributed by atoms with Crippen LogP contribution in [0.2, 0.25) is 0 Å². The molecule has 166 valence electrons. The summed E-state index contributed by atoms with van der Waals surface area (Å²) in [6, 6.07) is 14.4. The predicted octanol–water partition coefficient (Wildman–Crippen LogP) is 6.65. The number of benzene rings is 2. The van der Waals surface area contributed by atoms with Gasteiger partial charge in [0, 0.05) is 0 Å². The SMILES string of the molecule is Cc1cc(C)c(-n2cc[n+]([C@@H](CO)c3ccccc3)c2)c(C)c1.F[P-](F)(F)(F)(F)F. The summed E-state index contributed by atoms with van der Waals surface area (Å²) in [5, 5.41) is 9.83. The van der Waals surface area contributed by atoms with Crippen LogP contribution >= 0.6 is 7.81 Å². The molecule has 0 radical (unpaired) electrons. The van der Waals surface area contributed by atoms with Crippen molar-refractivity contribution in [3.05, 3.63) is 83.4 Å².